The average molecular weight is 352 g/mol. The number of amides is 1. The summed E-state index contributed by atoms with van der Waals surface area (Å²) in [4.78, 5) is 14.2. The van der Waals surface area contributed by atoms with Crippen molar-refractivity contribution in [2.24, 2.45) is 0 Å². The van der Waals surface area contributed by atoms with Crippen molar-refractivity contribution in [3.05, 3.63) is 22.7 Å². The van der Waals surface area contributed by atoms with Crippen LogP contribution in [-0.2, 0) is 10.2 Å². The minimum absolute atomic E-state index is 0.117. The molecule has 1 aliphatic carbocycles. The van der Waals surface area contributed by atoms with Gasteiger partial charge in [-0.3, -0.25) is 4.79 Å². The lowest BCUT2D eigenvalue weighted by Gasteiger charge is -2.28. The van der Waals surface area contributed by atoms with Crippen LogP contribution < -0.4 is 15.4 Å². The van der Waals surface area contributed by atoms with E-state index in [1.807, 2.05) is 11.0 Å². The van der Waals surface area contributed by atoms with E-state index >= 15 is 0 Å². The maximum absolute atomic E-state index is 12.4. The fraction of sp³-hybridized carbons (Fsp3) is 0.611. The number of ether oxygens (including phenoxy) is 1. The Kier molecular flexibility index (Phi) is 5.21. The van der Waals surface area contributed by atoms with Gasteiger partial charge in [0, 0.05) is 37.3 Å². The second-order valence-electron chi connectivity index (χ2n) is 6.65. The average Bonchev–Trinajstić information content (AvgIpc) is 3.41. The summed E-state index contributed by atoms with van der Waals surface area (Å²) in [5.74, 6) is 0.801. The van der Waals surface area contributed by atoms with Gasteiger partial charge in [0.15, 0.2) is 0 Å². The van der Waals surface area contributed by atoms with Crippen LogP contribution in [0.5, 0.6) is 5.75 Å². The summed E-state index contributed by atoms with van der Waals surface area (Å²) >= 11 is 6.48. The summed E-state index contributed by atoms with van der Waals surface area (Å²) in [6.45, 7) is 5.73. The second kappa shape index (κ2) is 7.19. The molecule has 2 N–H and O–H groups in total. The van der Waals surface area contributed by atoms with Gasteiger partial charge in [-0.25, -0.2) is 0 Å². The molecule has 0 radical (unpaired) electrons. The predicted molar refractivity (Wildman–Crippen MR) is 97.1 cm³/mol. The van der Waals surface area contributed by atoms with Crippen molar-refractivity contribution in [2.45, 2.75) is 31.6 Å². The first-order valence-corrected chi connectivity index (χ1v) is 9.08. The zero-order valence-corrected chi connectivity index (χ0v) is 15.2. The third-order valence-electron chi connectivity index (χ3n) is 5.29. The highest BCUT2D eigenvalue weighted by molar-refractivity contribution is 6.31. The molecule has 2 fully saturated rings. The van der Waals surface area contributed by atoms with Crippen LogP contribution in [-0.4, -0.2) is 50.6 Å². The number of nitrogens with zero attached hydrogens (tertiary/aromatic N) is 1. The molecule has 6 heteroatoms. The molecule has 0 bridgehead atoms. The molecule has 3 rings (SSSR count). The van der Waals surface area contributed by atoms with Crippen molar-refractivity contribution in [3.63, 3.8) is 0 Å². The lowest BCUT2D eigenvalue weighted by atomic mass is 9.92. The molecule has 0 atom stereocenters. The zero-order chi connectivity index (χ0) is 17.2. The molecule has 0 aromatic heterocycles. The van der Waals surface area contributed by atoms with Gasteiger partial charge in [0.25, 0.3) is 0 Å². The first-order chi connectivity index (χ1) is 11.6. The van der Waals surface area contributed by atoms with E-state index in [-0.39, 0.29) is 17.9 Å². The molecule has 2 aliphatic rings. The van der Waals surface area contributed by atoms with Crippen LogP contribution in [0.25, 0.3) is 0 Å². The number of nitrogens with one attached hydrogen (secondary N) is 2. The Balaban J connectivity index is 1.74. The summed E-state index contributed by atoms with van der Waals surface area (Å²) < 4.78 is 5.44. The molecule has 132 valence electrons. The summed E-state index contributed by atoms with van der Waals surface area (Å²) in [7, 11) is 1.63. The third-order valence-corrected chi connectivity index (χ3v) is 5.60. The SMILES string of the molecule is CCC1(c2cc(NCC(=O)N3CCNCC3)c(OC)cc2Cl)CC1. The zero-order valence-electron chi connectivity index (χ0n) is 14.5. The van der Waals surface area contributed by atoms with Gasteiger partial charge >= 0.3 is 0 Å². The standard InChI is InChI=1S/C18H26ClN3O2/c1-3-18(4-5-18)13-10-15(16(24-2)11-14(13)19)21-12-17(23)22-8-6-20-7-9-22/h10-11,20-21H,3-9,12H2,1-2H3. The van der Waals surface area contributed by atoms with Gasteiger partial charge < -0.3 is 20.3 Å². The minimum Gasteiger partial charge on any atom is -0.495 e. The molecule has 1 aromatic rings. The van der Waals surface area contributed by atoms with Gasteiger partial charge in [-0.15, -0.1) is 0 Å². The number of hydrogen-bond acceptors (Lipinski definition) is 4. The van der Waals surface area contributed by atoms with Crippen molar-refractivity contribution < 1.29 is 9.53 Å². The highest BCUT2D eigenvalue weighted by Crippen LogP contribution is 2.54. The van der Waals surface area contributed by atoms with Gasteiger partial charge in [0.2, 0.25) is 5.91 Å². The highest BCUT2D eigenvalue weighted by Gasteiger charge is 2.44. The smallest absolute Gasteiger partial charge is 0.241 e. The van der Waals surface area contributed by atoms with Crippen LogP contribution in [0.4, 0.5) is 5.69 Å². The molecule has 24 heavy (non-hydrogen) atoms. The fourth-order valence-corrected chi connectivity index (χ4v) is 3.78. The molecule has 1 aliphatic heterocycles. The van der Waals surface area contributed by atoms with Crippen LogP contribution in [0.1, 0.15) is 31.7 Å². The molecule has 1 aromatic carbocycles. The molecule has 1 heterocycles. The lowest BCUT2D eigenvalue weighted by Crippen LogP contribution is -2.48. The number of benzene rings is 1. The Labute approximate surface area is 148 Å². The molecule has 5 nitrogen and oxygen atoms in total. The monoisotopic (exact) mass is 351 g/mol. The Morgan fingerprint density at radius 3 is 2.67 bits per heavy atom. The number of piperazine rings is 1. The van der Waals surface area contributed by atoms with Gasteiger partial charge in [0.05, 0.1) is 19.3 Å². The van der Waals surface area contributed by atoms with E-state index in [4.69, 9.17) is 16.3 Å². The van der Waals surface area contributed by atoms with Gasteiger partial charge in [-0.2, -0.15) is 0 Å². The number of carbonyl (C=O) groups is 1. The van der Waals surface area contributed by atoms with Crippen molar-refractivity contribution in [1.29, 1.82) is 0 Å². The van der Waals surface area contributed by atoms with E-state index in [0.29, 0.717) is 5.75 Å². The summed E-state index contributed by atoms with van der Waals surface area (Å²) in [6, 6.07) is 3.94. The minimum atomic E-state index is 0.117. The van der Waals surface area contributed by atoms with E-state index in [9.17, 15) is 4.79 Å². The molecular formula is C18H26ClN3O2. The van der Waals surface area contributed by atoms with Crippen molar-refractivity contribution in [3.8, 4) is 5.75 Å². The second-order valence-corrected chi connectivity index (χ2v) is 7.06. The van der Waals surface area contributed by atoms with Crippen molar-refractivity contribution in [1.82, 2.24) is 10.2 Å². The van der Waals surface area contributed by atoms with E-state index in [0.717, 1.165) is 43.3 Å². The first kappa shape index (κ1) is 17.4. The van der Waals surface area contributed by atoms with E-state index in [1.165, 1.54) is 18.4 Å². The topological polar surface area (TPSA) is 53.6 Å². The molecule has 1 saturated heterocycles. The summed E-state index contributed by atoms with van der Waals surface area (Å²) in [5.41, 5.74) is 2.23. The Bertz CT molecular complexity index is 611. The Hall–Kier alpha value is -1.46. The van der Waals surface area contributed by atoms with Gasteiger partial charge in [0.1, 0.15) is 5.75 Å². The number of halogens is 1. The lowest BCUT2D eigenvalue weighted by molar-refractivity contribution is -0.129. The number of hydrogen-bond donors (Lipinski definition) is 2. The number of methoxy groups -OCH3 is 1. The van der Waals surface area contributed by atoms with Gasteiger partial charge in [-0.1, -0.05) is 18.5 Å². The molecule has 1 amide bonds. The highest BCUT2D eigenvalue weighted by atomic mass is 35.5. The number of anilines is 1. The van der Waals surface area contributed by atoms with Crippen LogP contribution >= 0.6 is 11.6 Å². The first-order valence-electron chi connectivity index (χ1n) is 8.70. The van der Waals surface area contributed by atoms with Crippen LogP contribution in [0, 0.1) is 0 Å². The quantitative estimate of drug-likeness (QED) is 0.827. The van der Waals surface area contributed by atoms with E-state index < -0.39 is 0 Å². The summed E-state index contributed by atoms with van der Waals surface area (Å²) in [5, 5.41) is 7.27. The van der Waals surface area contributed by atoms with Crippen molar-refractivity contribution >= 4 is 23.2 Å². The number of rotatable bonds is 6. The van der Waals surface area contributed by atoms with E-state index in [1.54, 1.807) is 7.11 Å². The molecule has 1 saturated carbocycles. The van der Waals surface area contributed by atoms with Gasteiger partial charge in [-0.05, 0) is 36.3 Å². The fourth-order valence-electron chi connectivity index (χ4n) is 3.43. The molecular weight excluding hydrogens is 326 g/mol. The predicted octanol–water partition coefficient (Wildman–Crippen LogP) is 2.63. The van der Waals surface area contributed by atoms with Crippen LogP contribution in [0.2, 0.25) is 5.02 Å². The Morgan fingerprint density at radius 1 is 1.38 bits per heavy atom. The largest absolute Gasteiger partial charge is 0.495 e. The third kappa shape index (κ3) is 3.47. The maximum atomic E-state index is 12.4. The van der Waals surface area contributed by atoms with Crippen LogP contribution in [0.3, 0.4) is 0 Å². The summed E-state index contributed by atoms with van der Waals surface area (Å²) in [6.07, 6.45) is 3.43. The normalized spacial score (nSPS) is 19.0. The van der Waals surface area contributed by atoms with Crippen molar-refractivity contribution in [2.75, 3.05) is 45.2 Å². The molecule has 0 unspecified atom stereocenters. The Morgan fingerprint density at radius 2 is 2.08 bits per heavy atom. The number of carbonyl (C=O) groups excluding carboxylic acids is 1. The maximum Gasteiger partial charge on any atom is 0.241 e. The molecule has 0 spiro atoms. The van der Waals surface area contributed by atoms with Crippen LogP contribution in [0.15, 0.2) is 12.1 Å². The van der Waals surface area contributed by atoms with E-state index in [2.05, 4.69) is 23.6 Å².